The maximum atomic E-state index is 11.6. The van der Waals surface area contributed by atoms with Gasteiger partial charge in [-0.15, -0.1) is 0 Å². The van der Waals surface area contributed by atoms with Crippen molar-refractivity contribution in [1.29, 1.82) is 0 Å². The number of hydrogen-bond acceptors (Lipinski definition) is 3. The van der Waals surface area contributed by atoms with Crippen LogP contribution in [0.25, 0.3) is 16.8 Å². The van der Waals surface area contributed by atoms with E-state index >= 15 is 0 Å². The molecule has 3 heterocycles. The van der Waals surface area contributed by atoms with Crippen LogP contribution < -0.4 is 10.5 Å². The van der Waals surface area contributed by atoms with E-state index in [1.807, 2.05) is 41.1 Å². The van der Waals surface area contributed by atoms with Crippen LogP contribution in [0.5, 0.6) is 5.75 Å². The molecule has 1 aliphatic rings. The van der Waals surface area contributed by atoms with Crippen molar-refractivity contribution in [3.8, 4) is 16.9 Å². The summed E-state index contributed by atoms with van der Waals surface area (Å²) in [5, 5.41) is 0. The van der Waals surface area contributed by atoms with Crippen LogP contribution in [0.1, 0.15) is 24.8 Å². The predicted molar refractivity (Wildman–Crippen MR) is 99.9 cm³/mol. The summed E-state index contributed by atoms with van der Waals surface area (Å²) in [6, 6.07) is 9.63. The van der Waals surface area contributed by atoms with Crippen LogP contribution in [-0.2, 0) is 0 Å². The number of hydrogen-bond donors (Lipinski definition) is 1. The summed E-state index contributed by atoms with van der Waals surface area (Å²) < 4.78 is 8.03. The number of benzene rings is 1. The molecule has 1 atom stereocenters. The topological polar surface area (TPSA) is 72.9 Å². The summed E-state index contributed by atoms with van der Waals surface area (Å²) in [4.78, 5) is 17.6. The van der Waals surface area contributed by atoms with Crippen molar-refractivity contribution < 1.29 is 9.53 Å². The van der Waals surface area contributed by atoms with Crippen molar-refractivity contribution in [2.45, 2.75) is 32.4 Å². The molecule has 6 heteroatoms. The van der Waals surface area contributed by atoms with Gasteiger partial charge in [0.05, 0.1) is 0 Å². The number of aromatic nitrogens is 2. The monoisotopic (exact) mass is 350 g/mol. The van der Waals surface area contributed by atoms with Gasteiger partial charge in [-0.2, -0.15) is 0 Å². The minimum atomic E-state index is -0.421. The van der Waals surface area contributed by atoms with Crippen LogP contribution >= 0.6 is 0 Å². The van der Waals surface area contributed by atoms with Crippen molar-refractivity contribution in [2.75, 3.05) is 6.54 Å². The number of amides is 2. The number of rotatable bonds is 3. The molecule has 3 aromatic rings. The first-order chi connectivity index (χ1) is 12.6. The molecule has 1 aliphatic heterocycles. The van der Waals surface area contributed by atoms with E-state index < -0.39 is 6.03 Å². The van der Waals surface area contributed by atoms with Gasteiger partial charge in [0, 0.05) is 37.1 Å². The molecule has 4 rings (SSSR count). The summed E-state index contributed by atoms with van der Waals surface area (Å²) in [6.45, 7) is 2.73. The van der Waals surface area contributed by atoms with Crippen LogP contribution in [0.15, 0.2) is 48.9 Å². The molecule has 0 bridgehead atoms. The minimum absolute atomic E-state index is 0.282. The van der Waals surface area contributed by atoms with E-state index in [1.165, 1.54) is 0 Å². The van der Waals surface area contributed by atoms with E-state index in [0.717, 1.165) is 47.3 Å². The number of primary amides is 1. The van der Waals surface area contributed by atoms with Gasteiger partial charge in [-0.05, 0) is 49.1 Å². The van der Waals surface area contributed by atoms with Crippen LogP contribution in [0.3, 0.4) is 0 Å². The van der Waals surface area contributed by atoms with E-state index in [0.29, 0.717) is 6.54 Å². The Kier molecular flexibility index (Phi) is 4.24. The van der Waals surface area contributed by atoms with Crippen LogP contribution in [0.4, 0.5) is 4.79 Å². The summed E-state index contributed by atoms with van der Waals surface area (Å²) in [5.74, 6) is 0.742. The zero-order valence-electron chi connectivity index (χ0n) is 14.8. The zero-order valence-corrected chi connectivity index (χ0v) is 14.8. The van der Waals surface area contributed by atoms with E-state index in [4.69, 9.17) is 10.5 Å². The molecule has 0 radical (unpaired) electrons. The fourth-order valence-electron chi connectivity index (χ4n) is 3.58. The van der Waals surface area contributed by atoms with Crippen LogP contribution in [0, 0.1) is 6.92 Å². The molecule has 1 fully saturated rings. The summed E-state index contributed by atoms with van der Waals surface area (Å²) >= 11 is 0. The molecule has 6 nitrogen and oxygen atoms in total. The highest BCUT2D eigenvalue weighted by atomic mass is 16.5. The van der Waals surface area contributed by atoms with Crippen molar-refractivity contribution in [3.05, 3.63) is 54.5 Å². The third kappa shape index (κ3) is 2.98. The molecule has 0 spiro atoms. The lowest BCUT2D eigenvalue weighted by atomic mass is 10.0. The Bertz CT molecular complexity index is 933. The van der Waals surface area contributed by atoms with Crippen molar-refractivity contribution in [2.24, 2.45) is 5.73 Å². The summed E-state index contributed by atoms with van der Waals surface area (Å²) in [7, 11) is 0. The van der Waals surface area contributed by atoms with Gasteiger partial charge in [0.15, 0.2) is 6.23 Å². The number of carbonyl (C=O) groups excluding carboxylic acids is 1. The summed E-state index contributed by atoms with van der Waals surface area (Å²) in [6.07, 6.45) is 8.29. The highest BCUT2D eigenvalue weighted by molar-refractivity contribution is 5.73. The maximum Gasteiger partial charge on any atom is 0.317 e. The summed E-state index contributed by atoms with van der Waals surface area (Å²) in [5.41, 5.74) is 9.81. The normalized spacial score (nSPS) is 17.4. The second kappa shape index (κ2) is 6.71. The number of carbonyl (C=O) groups is 1. The van der Waals surface area contributed by atoms with Gasteiger partial charge < -0.3 is 14.9 Å². The third-order valence-corrected chi connectivity index (χ3v) is 4.98. The molecule has 2 N–H and O–H groups in total. The van der Waals surface area contributed by atoms with Gasteiger partial charge in [0.25, 0.3) is 0 Å². The molecule has 0 saturated carbocycles. The lowest BCUT2D eigenvalue weighted by molar-refractivity contribution is 0.0270. The number of fused-ring (bicyclic) bond motifs is 1. The average molecular weight is 350 g/mol. The molecule has 1 aromatic carbocycles. The van der Waals surface area contributed by atoms with E-state index in [-0.39, 0.29) is 6.23 Å². The SMILES string of the molecule is Cc1c(-c2ccc(OC3CCCCN3C(N)=O)cc2)ccn2ccnc12. The Hall–Kier alpha value is -3.02. The average Bonchev–Trinajstić information content (AvgIpc) is 3.13. The number of piperidine rings is 1. The smallest absolute Gasteiger partial charge is 0.317 e. The molecule has 2 amide bonds. The molecule has 134 valence electrons. The van der Waals surface area contributed by atoms with E-state index in [2.05, 4.69) is 18.0 Å². The minimum Gasteiger partial charge on any atom is -0.470 e. The van der Waals surface area contributed by atoms with Crippen molar-refractivity contribution in [1.82, 2.24) is 14.3 Å². The molecule has 0 aliphatic carbocycles. The lowest BCUT2D eigenvalue weighted by Crippen LogP contribution is -2.49. The van der Waals surface area contributed by atoms with Crippen LogP contribution in [-0.4, -0.2) is 33.1 Å². The highest BCUT2D eigenvalue weighted by Gasteiger charge is 2.26. The first-order valence-electron chi connectivity index (χ1n) is 8.89. The Morgan fingerprint density at radius 3 is 2.77 bits per heavy atom. The number of urea groups is 1. The Morgan fingerprint density at radius 1 is 1.19 bits per heavy atom. The second-order valence-electron chi connectivity index (χ2n) is 6.64. The molecule has 1 saturated heterocycles. The van der Waals surface area contributed by atoms with E-state index in [1.54, 1.807) is 11.1 Å². The van der Waals surface area contributed by atoms with Gasteiger partial charge in [-0.1, -0.05) is 12.1 Å². The predicted octanol–water partition coefficient (Wildman–Crippen LogP) is 3.58. The number of nitrogens with two attached hydrogens (primary N) is 1. The number of likely N-dealkylation sites (tertiary alicyclic amines) is 1. The number of ether oxygens (including phenoxy) is 1. The second-order valence-corrected chi connectivity index (χ2v) is 6.64. The number of nitrogens with zero attached hydrogens (tertiary/aromatic N) is 3. The largest absolute Gasteiger partial charge is 0.470 e. The Labute approximate surface area is 152 Å². The van der Waals surface area contributed by atoms with Gasteiger partial charge in [0.2, 0.25) is 0 Å². The van der Waals surface area contributed by atoms with Crippen molar-refractivity contribution >= 4 is 11.7 Å². The van der Waals surface area contributed by atoms with Gasteiger partial charge in [-0.25, -0.2) is 9.78 Å². The lowest BCUT2D eigenvalue weighted by Gasteiger charge is -2.34. The maximum absolute atomic E-state index is 11.6. The third-order valence-electron chi connectivity index (χ3n) is 4.98. The van der Waals surface area contributed by atoms with E-state index in [9.17, 15) is 4.79 Å². The van der Waals surface area contributed by atoms with Gasteiger partial charge in [-0.3, -0.25) is 4.90 Å². The number of aryl methyl sites for hydroxylation is 1. The molecule has 2 aromatic heterocycles. The molecule has 1 unspecified atom stereocenters. The standard InChI is InChI=1S/C20H22N4O2/c1-14-17(9-12-23-13-10-22-19(14)23)15-5-7-16(8-6-15)26-18-4-2-3-11-24(18)20(21)25/h5-10,12-13,18H,2-4,11H2,1H3,(H2,21,25). The molecule has 26 heavy (non-hydrogen) atoms. The molecular weight excluding hydrogens is 328 g/mol. The fraction of sp³-hybridized carbons (Fsp3) is 0.300. The Morgan fingerprint density at radius 2 is 2.00 bits per heavy atom. The highest BCUT2D eigenvalue weighted by Crippen LogP contribution is 2.28. The van der Waals surface area contributed by atoms with Gasteiger partial charge in [0.1, 0.15) is 11.4 Å². The van der Waals surface area contributed by atoms with Crippen LogP contribution in [0.2, 0.25) is 0 Å². The first kappa shape index (κ1) is 16.4. The number of pyridine rings is 1. The van der Waals surface area contributed by atoms with Gasteiger partial charge >= 0.3 is 6.03 Å². The van der Waals surface area contributed by atoms with Crippen molar-refractivity contribution in [3.63, 3.8) is 0 Å². The molecular formula is C20H22N4O2. The zero-order chi connectivity index (χ0) is 18.1. The first-order valence-corrected chi connectivity index (χ1v) is 8.89. The number of imidazole rings is 1. The fourth-order valence-corrected chi connectivity index (χ4v) is 3.58. The Balaban J connectivity index is 1.56. The quantitative estimate of drug-likeness (QED) is 0.785.